The van der Waals surface area contributed by atoms with Gasteiger partial charge in [-0.3, -0.25) is 14.5 Å². The minimum absolute atomic E-state index is 0.0571. The molecule has 5 rings (SSSR count). The first kappa shape index (κ1) is 22.7. The second-order valence-electron chi connectivity index (χ2n) is 9.47. The number of benzene rings is 2. The number of ether oxygens (including phenoxy) is 2. The van der Waals surface area contributed by atoms with Crippen molar-refractivity contribution in [2.75, 3.05) is 39.4 Å². The fourth-order valence-electron chi connectivity index (χ4n) is 4.99. The summed E-state index contributed by atoms with van der Waals surface area (Å²) in [5.41, 5.74) is 3.02. The molecular formula is C27H33N3O4. The van der Waals surface area contributed by atoms with Gasteiger partial charge in [-0.15, -0.1) is 0 Å². The maximum Gasteiger partial charge on any atom is 0.251 e. The van der Waals surface area contributed by atoms with Gasteiger partial charge < -0.3 is 19.7 Å². The molecule has 0 unspecified atom stereocenters. The molecule has 2 saturated heterocycles. The Balaban J connectivity index is 1.09. The molecular weight excluding hydrogens is 430 g/mol. The molecule has 1 N–H and O–H groups in total. The van der Waals surface area contributed by atoms with Gasteiger partial charge in [-0.1, -0.05) is 12.1 Å². The van der Waals surface area contributed by atoms with Crippen LogP contribution in [0.2, 0.25) is 0 Å². The number of carbonyl (C=O) groups is 2. The van der Waals surface area contributed by atoms with Crippen molar-refractivity contribution in [1.82, 2.24) is 15.1 Å². The molecule has 180 valence electrons. The van der Waals surface area contributed by atoms with Gasteiger partial charge in [-0.2, -0.15) is 0 Å². The summed E-state index contributed by atoms with van der Waals surface area (Å²) >= 11 is 0. The first-order valence-electron chi connectivity index (χ1n) is 12.4. The summed E-state index contributed by atoms with van der Waals surface area (Å²) < 4.78 is 11.8. The highest BCUT2D eigenvalue weighted by molar-refractivity contribution is 5.94. The van der Waals surface area contributed by atoms with Gasteiger partial charge in [0.15, 0.2) is 0 Å². The van der Waals surface area contributed by atoms with Gasteiger partial charge in [0.25, 0.3) is 5.91 Å². The zero-order chi connectivity index (χ0) is 23.3. The Labute approximate surface area is 201 Å². The first-order chi connectivity index (χ1) is 16.6. The number of amides is 2. The normalized spacial score (nSPS) is 20.2. The van der Waals surface area contributed by atoms with Crippen molar-refractivity contribution in [3.63, 3.8) is 0 Å². The van der Waals surface area contributed by atoms with Crippen molar-refractivity contribution in [3.05, 3.63) is 59.2 Å². The lowest BCUT2D eigenvalue weighted by Crippen LogP contribution is -2.42. The van der Waals surface area contributed by atoms with Gasteiger partial charge in [-0.05, 0) is 80.2 Å². The Kier molecular flexibility index (Phi) is 7.00. The van der Waals surface area contributed by atoms with Gasteiger partial charge in [0.1, 0.15) is 24.7 Å². The van der Waals surface area contributed by atoms with E-state index in [0.29, 0.717) is 37.5 Å². The second-order valence-corrected chi connectivity index (χ2v) is 9.47. The van der Waals surface area contributed by atoms with Crippen molar-refractivity contribution in [1.29, 1.82) is 0 Å². The largest absolute Gasteiger partial charge is 0.492 e. The zero-order valence-electron chi connectivity index (χ0n) is 19.6. The molecule has 3 aliphatic rings. The number of hydrogen-bond acceptors (Lipinski definition) is 5. The number of rotatable bonds is 8. The topological polar surface area (TPSA) is 71.1 Å². The highest BCUT2D eigenvalue weighted by Crippen LogP contribution is 2.27. The molecule has 2 aromatic rings. The minimum Gasteiger partial charge on any atom is -0.492 e. The average Bonchev–Trinajstić information content (AvgIpc) is 3.51. The standard InChI is InChI=1S/C27H33N3O4/c31-26-4-3-13-30(26)14-15-33-24-9-7-21(8-10-24)27(32)28-23-17-22-6-5-20(16-25(22)34-19-23)18-29-11-1-2-12-29/h5-10,16,23H,1-4,11-15,17-19H2,(H,28,32)/t23-/m1/s1. The number of nitrogens with zero attached hydrogens (tertiary/aromatic N) is 2. The molecule has 3 heterocycles. The third-order valence-corrected chi connectivity index (χ3v) is 6.90. The van der Waals surface area contributed by atoms with Crippen LogP contribution in [-0.2, 0) is 17.8 Å². The smallest absolute Gasteiger partial charge is 0.251 e. The van der Waals surface area contributed by atoms with Crippen LogP contribution in [0, 0.1) is 0 Å². The third kappa shape index (κ3) is 5.53. The number of hydrogen-bond donors (Lipinski definition) is 1. The van der Waals surface area contributed by atoms with Crippen LogP contribution in [0.5, 0.6) is 11.5 Å². The molecule has 34 heavy (non-hydrogen) atoms. The van der Waals surface area contributed by atoms with Gasteiger partial charge in [0.2, 0.25) is 5.91 Å². The molecule has 0 aliphatic carbocycles. The van der Waals surface area contributed by atoms with Gasteiger partial charge >= 0.3 is 0 Å². The van der Waals surface area contributed by atoms with E-state index in [9.17, 15) is 9.59 Å². The molecule has 0 spiro atoms. The van der Waals surface area contributed by atoms with Crippen LogP contribution in [0.4, 0.5) is 0 Å². The molecule has 2 amide bonds. The van der Waals surface area contributed by atoms with E-state index in [2.05, 4.69) is 28.4 Å². The van der Waals surface area contributed by atoms with Gasteiger partial charge in [0, 0.05) is 25.1 Å². The monoisotopic (exact) mass is 463 g/mol. The Bertz CT molecular complexity index is 1020. The number of nitrogens with one attached hydrogen (secondary N) is 1. The lowest BCUT2D eigenvalue weighted by molar-refractivity contribution is -0.128. The quantitative estimate of drug-likeness (QED) is 0.652. The average molecular weight is 464 g/mol. The van der Waals surface area contributed by atoms with Crippen molar-refractivity contribution < 1.29 is 19.1 Å². The number of likely N-dealkylation sites (tertiary alicyclic amines) is 2. The van der Waals surface area contributed by atoms with Crippen LogP contribution in [0.1, 0.15) is 47.2 Å². The first-order valence-corrected chi connectivity index (χ1v) is 12.4. The van der Waals surface area contributed by atoms with Crippen LogP contribution >= 0.6 is 0 Å². The zero-order valence-corrected chi connectivity index (χ0v) is 19.6. The predicted molar refractivity (Wildman–Crippen MR) is 129 cm³/mol. The minimum atomic E-state index is -0.114. The summed E-state index contributed by atoms with van der Waals surface area (Å²) in [6, 6.07) is 13.6. The van der Waals surface area contributed by atoms with E-state index >= 15 is 0 Å². The van der Waals surface area contributed by atoms with E-state index in [1.54, 1.807) is 24.3 Å². The summed E-state index contributed by atoms with van der Waals surface area (Å²) in [5, 5.41) is 3.10. The van der Waals surface area contributed by atoms with Crippen LogP contribution in [0.3, 0.4) is 0 Å². The molecule has 0 radical (unpaired) electrons. The van der Waals surface area contributed by atoms with Crippen LogP contribution in [-0.4, -0.2) is 67.0 Å². The third-order valence-electron chi connectivity index (χ3n) is 6.90. The molecule has 0 saturated carbocycles. The Morgan fingerprint density at radius 1 is 1.06 bits per heavy atom. The van der Waals surface area contributed by atoms with E-state index in [1.807, 2.05) is 4.90 Å². The van der Waals surface area contributed by atoms with E-state index in [1.165, 1.54) is 31.5 Å². The summed E-state index contributed by atoms with van der Waals surface area (Å²) in [6.45, 7) is 5.68. The highest BCUT2D eigenvalue weighted by atomic mass is 16.5. The van der Waals surface area contributed by atoms with Crippen LogP contribution in [0.15, 0.2) is 42.5 Å². The van der Waals surface area contributed by atoms with E-state index in [4.69, 9.17) is 9.47 Å². The lowest BCUT2D eigenvalue weighted by atomic mass is 10.00. The summed E-state index contributed by atoms with van der Waals surface area (Å²) in [4.78, 5) is 28.7. The summed E-state index contributed by atoms with van der Waals surface area (Å²) in [6.07, 6.45) is 4.92. The fourth-order valence-corrected chi connectivity index (χ4v) is 4.99. The Morgan fingerprint density at radius 2 is 1.88 bits per heavy atom. The van der Waals surface area contributed by atoms with Crippen molar-refractivity contribution in [3.8, 4) is 11.5 Å². The maximum atomic E-state index is 12.8. The molecule has 0 bridgehead atoms. The fraction of sp³-hybridized carbons (Fsp3) is 0.481. The predicted octanol–water partition coefficient (Wildman–Crippen LogP) is 3.02. The summed E-state index contributed by atoms with van der Waals surface area (Å²) in [7, 11) is 0. The van der Waals surface area contributed by atoms with Gasteiger partial charge in [-0.25, -0.2) is 0 Å². The molecule has 2 aromatic carbocycles. The molecule has 3 aliphatic heterocycles. The summed E-state index contributed by atoms with van der Waals surface area (Å²) in [5.74, 6) is 1.73. The van der Waals surface area contributed by atoms with Crippen molar-refractivity contribution >= 4 is 11.8 Å². The van der Waals surface area contributed by atoms with E-state index in [-0.39, 0.29) is 17.9 Å². The lowest BCUT2D eigenvalue weighted by Gasteiger charge is -2.27. The maximum absolute atomic E-state index is 12.8. The number of carbonyl (C=O) groups excluding carboxylic acids is 2. The molecule has 1 atom stereocenters. The van der Waals surface area contributed by atoms with Crippen LogP contribution in [0.25, 0.3) is 0 Å². The van der Waals surface area contributed by atoms with Crippen molar-refractivity contribution in [2.24, 2.45) is 0 Å². The SMILES string of the molecule is O=C(N[C@H]1COc2cc(CN3CCCC3)ccc2C1)c1ccc(OCCN2CCCC2=O)cc1. The van der Waals surface area contributed by atoms with E-state index in [0.717, 1.165) is 37.2 Å². The molecule has 0 aromatic heterocycles. The van der Waals surface area contributed by atoms with E-state index < -0.39 is 0 Å². The molecule has 2 fully saturated rings. The Hall–Kier alpha value is -3.06. The van der Waals surface area contributed by atoms with Gasteiger partial charge in [0.05, 0.1) is 12.6 Å². The van der Waals surface area contributed by atoms with Crippen LogP contribution < -0.4 is 14.8 Å². The highest BCUT2D eigenvalue weighted by Gasteiger charge is 2.23. The second kappa shape index (κ2) is 10.5. The number of fused-ring (bicyclic) bond motifs is 1. The molecule has 7 nitrogen and oxygen atoms in total. The van der Waals surface area contributed by atoms with Crippen molar-refractivity contribution in [2.45, 2.75) is 44.7 Å². The Morgan fingerprint density at radius 3 is 2.65 bits per heavy atom. The molecule has 7 heteroatoms.